The van der Waals surface area contributed by atoms with E-state index in [2.05, 4.69) is 15.5 Å². The first-order valence-corrected chi connectivity index (χ1v) is 9.27. The van der Waals surface area contributed by atoms with Crippen molar-refractivity contribution in [2.75, 3.05) is 31.1 Å². The topological polar surface area (TPSA) is 77.8 Å². The second kappa shape index (κ2) is 8.81. The number of carbonyl (C=O) groups excluding carboxylic acids is 2. The van der Waals surface area contributed by atoms with E-state index in [1.165, 1.54) is 0 Å². The van der Waals surface area contributed by atoms with Crippen molar-refractivity contribution in [3.05, 3.63) is 53.4 Å². The lowest BCUT2D eigenvalue weighted by molar-refractivity contribution is -0.122. The van der Waals surface area contributed by atoms with Crippen molar-refractivity contribution in [3.8, 4) is 0 Å². The lowest BCUT2D eigenvalue weighted by Gasteiger charge is -2.36. The summed E-state index contributed by atoms with van der Waals surface area (Å²) in [6.07, 6.45) is 1.55. The van der Waals surface area contributed by atoms with Gasteiger partial charge in [0.1, 0.15) is 11.8 Å². The summed E-state index contributed by atoms with van der Waals surface area (Å²) in [5, 5.41) is 6.18. The van der Waals surface area contributed by atoms with Gasteiger partial charge in [0.05, 0.1) is 12.8 Å². The fraction of sp³-hybridized carbons (Fsp3) is 0.368. The lowest BCUT2D eigenvalue weighted by atomic mass is 10.2. The molecule has 27 heavy (non-hydrogen) atoms. The molecule has 0 saturated carbocycles. The van der Waals surface area contributed by atoms with Gasteiger partial charge in [-0.05, 0) is 37.3 Å². The van der Waals surface area contributed by atoms with Gasteiger partial charge in [-0.1, -0.05) is 17.7 Å². The number of halogens is 1. The van der Waals surface area contributed by atoms with Crippen LogP contribution in [-0.2, 0) is 11.3 Å². The monoisotopic (exact) mass is 390 g/mol. The van der Waals surface area contributed by atoms with E-state index in [0.717, 1.165) is 5.69 Å². The van der Waals surface area contributed by atoms with Crippen LogP contribution in [-0.4, -0.2) is 49.1 Å². The van der Waals surface area contributed by atoms with Gasteiger partial charge in [-0.25, -0.2) is 4.79 Å². The maximum atomic E-state index is 12.4. The number of rotatable bonds is 5. The van der Waals surface area contributed by atoms with Crippen LogP contribution in [0.2, 0.25) is 5.02 Å². The minimum Gasteiger partial charge on any atom is -0.467 e. The Labute approximate surface area is 163 Å². The summed E-state index contributed by atoms with van der Waals surface area (Å²) in [4.78, 5) is 28.4. The molecule has 1 aromatic heterocycles. The zero-order valence-electron chi connectivity index (χ0n) is 15.2. The van der Waals surface area contributed by atoms with E-state index in [4.69, 9.17) is 16.0 Å². The molecule has 0 aliphatic carbocycles. The number of hydrogen-bond donors (Lipinski definition) is 2. The van der Waals surface area contributed by atoms with Crippen LogP contribution >= 0.6 is 11.6 Å². The minimum absolute atomic E-state index is 0.235. The average Bonchev–Trinajstić information content (AvgIpc) is 3.19. The average molecular weight is 391 g/mol. The minimum atomic E-state index is -0.626. The van der Waals surface area contributed by atoms with Crippen molar-refractivity contribution >= 4 is 29.2 Å². The molecule has 2 N–H and O–H groups in total. The first-order valence-electron chi connectivity index (χ1n) is 8.89. The molecule has 1 unspecified atom stereocenters. The molecule has 2 heterocycles. The third-order valence-electron chi connectivity index (χ3n) is 4.49. The first-order chi connectivity index (χ1) is 13.0. The van der Waals surface area contributed by atoms with Crippen LogP contribution in [0.25, 0.3) is 0 Å². The van der Waals surface area contributed by atoms with Crippen LogP contribution in [0, 0.1) is 0 Å². The number of furan rings is 1. The van der Waals surface area contributed by atoms with Gasteiger partial charge in [0.2, 0.25) is 5.91 Å². The van der Waals surface area contributed by atoms with E-state index in [1.54, 1.807) is 30.2 Å². The smallest absolute Gasteiger partial charge is 0.318 e. The van der Waals surface area contributed by atoms with E-state index < -0.39 is 6.04 Å². The van der Waals surface area contributed by atoms with Gasteiger partial charge >= 0.3 is 6.03 Å². The molecule has 1 aliphatic heterocycles. The molecule has 144 valence electrons. The van der Waals surface area contributed by atoms with Gasteiger partial charge in [0.15, 0.2) is 0 Å². The van der Waals surface area contributed by atoms with Crippen LogP contribution in [0.1, 0.15) is 12.7 Å². The summed E-state index contributed by atoms with van der Waals surface area (Å²) in [7, 11) is 0. The number of piperazine rings is 1. The molecule has 1 fully saturated rings. The molecule has 3 rings (SSSR count). The molecule has 1 aliphatic rings. The summed E-state index contributed by atoms with van der Waals surface area (Å²) in [6, 6.07) is 10.4. The van der Waals surface area contributed by atoms with Crippen molar-refractivity contribution in [1.29, 1.82) is 0 Å². The molecular formula is C19H23ClN4O3. The highest BCUT2D eigenvalue weighted by Crippen LogP contribution is 2.20. The van der Waals surface area contributed by atoms with E-state index in [1.807, 2.05) is 24.3 Å². The molecule has 2 aromatic rings. The van der Waals surface area contributed by atoms with Crippen molar-refractivity contribution in [1.82, 2.24) is 15.5 Å². The Morgan fingerprint density at radius 1 is 1.19 bits per heavy atom. The highest BCUT2D eigenvalue weighted by atomic mass is 35.5. The molecule has 0 spiro atoms. The summed E-state index contributed by atoms with van der Waals surface area (Å²) >= 11 is 6.04. The quantitative estimate of drug-likeness (QED) is 0.822. The molecule has 7 nitrogen and oxygen atoms in total. The van der Waals surface area contributed by atoms with Crippen LogP contribution in [0.4, 0.5) is 10.5 Å². The van der Waals surface area contributed by atoms with Crippen LogP contribution in [0.5, 0.6) is 0 Å². The number of benzene rings is 1. The SMILES string of the molecule is CC(NC(=O)N1CCN(c2cccc(Cl)c2)CC1)C(=O)NCc1ccco1. The van der Waals surface area contributed by atoms with Crippen LogP contribution in [0.15, 0.2) is 47.1 Å². The Kier molecular flexibility index (Phi) is 6.24. The summed E-state index contributed by atoms with van der Waals surface area (Å²) < 4.78 is 5.17. The highest BCUT2D eigenvalue weighted by Gasteiger charge is 2.24. The number of anilines is 1. The van der Waals surface area contributed by atoms with Crippen molar-refractivity contribution in [2.45, 2.75) is 19.5 Å². The third-order valence-corrected chi connectivity index (χ3v) is 4.73. The van der Waals surface area contributed by atoms with Gasteiger partial charge < -0.3 is 24.9 Å². The largest absolute Gasteiger partial charge is 0.467 e. The molecule has 1 aromatic carbocycles. The van der Waals surface area contributed by atoms with Gasteiger partial charge in [-0.2, -0.15) is 0 Å². The van der Waals surface area contributed by atoms with Crippen molar-refractivity contribution < 1.29 is 14.0 Å². The number of amides is 3. The van der Waals surface area contributed by atoms with Gasteiger partial charge in [0, 0.05) is 36.9 Å². The van der Waals surface area contributed by atoms with Crippen LogP contribution < -0.4 is 15.5 Å². The Morgan fingerprint density at radius 3 is 2.63 bits per heavy atom. The predicted octanol–water partition coefficient (Wildman–Crippen LogP) is 2.47. The Hall–Kier alpha value is -2.67. The Bertz CT molecular complexity index is 773. The first kappa shape index (κ1) is 19.1. The van der Waals surface area contributed by atoms with Crippen LogP contribution in [0.3, 0.4) is 0 Å². The lowest BCUT2D eigenvalue weighted by Crippen LogP contribution is -2.55. The maximum absolute atomic E-state index is 12.4. The molecular weight excluding hydrogens is 368 g/mol. The fourth-order valence-corrected chi connectivity index (χ4v) is 3.11. The highest BCUT2D eigenvalue weighted by molar-refractivity contribution is 6.30. The zero-order valence-corrected chi connectivity index (χ0v) is 15.9. The fourth-order valence-electron chi connectivity index (χ4n) is 2.92. The van der Waals surface area contributed by atoms with Gasteiger partial charge in [0.25, 0.3) is 0 Å². The summed E-state index contributed by atoms with van der Waals surface area (Å²) in [5.41, 5.74) is 1.05. The molecule has 3 amide bonds. The maximum Gasteiger partial charge on any atom is 0.318 e. The second-order valence-electron chi connectivity index (χ2n) is 6.42. The van der Waals surface area contributed by atoms with Crippen molar-refractivity contribution in [3.63, 3.8) is 0 Å². The van der Waals surface area contributed by atoms with E-state index in [9.17, 15) is 9.59 Å². The zero-order chi connectivity index (χ0) is 19.2. The summed E-state index contributed by atoms with van der Waals surface area (Å²) in [6.45, 7) is 4.56. The van der Waals surface area contributed by atoms with Gasteiger partial charge in [-0.15, -0.1) is 0 Å². The molecule has 0 radical (unpaired) electrons. The summed E-state index contributed by atoms with van der Waals surface area (Å²) in [5.74, 6) is 0.413. The standard InChI is InChI=1S/C19H23ClN4O3/c1-14(18(25)21-13-17-6-3-11-27-17)22-19(26)24-9-7-23(8-10-24)16-5-2-4-15(20)12-16/h2-6,11-12,14H,7-10,13H2,1H3,(H,21,25)(H,22,26). The van der Waals surface area contributed by atoms with E-state index in [0.29, 0.717) is 43.5 Å². The third kappa shape index (κ3) is 5.17. The number of carbonyl (C=O) groups is 2. The number of nitrogens with zero attached hydrogens (tertiary/aromatic N) is 2. The molecule has 1 atom stereocenters. The number of hydrogen-bond acceptors (Lipinski definition) is 4. The normalized spacial score (nSPS) is 15.3. The van der Waals surface area contributed by atoms with E-state index >= 15 is 0 Å². The van der Waals surface area contributed by atoms with Crippen molar-refractivity contribution in [2.24, 2.45) is 0 Å². The number of urea groups is 1. The van der Waals surface area contributed by atoms with E-state index in [-0.39, 0.29) is 11.9 Å². The van der Waals surface area contributed by atoms with Gasteiger partial charge in [-0.3, -0.25) is 4.79 Å². The molecule has 8 heteroatoms. The molecule has 1 saturated heterocycles. The molecule has 0 bridgehead atoms. The Balaban J connectivity index is 1.44. The Morgan fingerprint density at radius 2 is 1.96 bits per heavy atom. The predicted molar refractivity (Wildman–Crippen MR) is 104 cm³/mol. The number of nitrogens with one attached hydrogen (secondary N) is 2. The second-order valence-corrected chi connectivity index (χ2v) is 6.86.